The Labute approximate surface area is 248 Å². The average molecular weight is 554 g/mol. The average Bonchev–Trinajstić information content (AvgIpc) is 3.38. The first-order chi connectivity index (χ1) is 20.7. The van der Waals surface area contributed by atoms with Gasteiger partial charge in [-0.05, 0) is 97.0 Å². The molecule has 1 heterocycles. The number of nitrogens with zero attached hydrogens (tertiary/aromatic N) is 1. The molecule has 0 aliphatic carbocycles. The number of fused-ring (bicyclic) bond motifs is 3. The molecular formula is C40H24ClN. The summed E-state index contributed by atoms with van der Waals surface area (Å²) < 4.78 is 2.39. The maximum Gasteiger partial charge on any atom is 0.0541 e. The Balaban J connectivity index is 1.37. The van der Waals surface area contributed by atoms with E-state index in [-0.39, 0.29) is 0 Å². The number of aromatic nitrogens is 1. The van der Waals surface area contributed by atoms with E-state index in [4.69, 9.17) is 11.6 Å². The summed E-state index contributed by atoms with van der Waals surface area (Å²) in [6.45, 7) is 0. The number of hydrogen-bond donors (Lipinski definition) is 0. The summed E-state index contributed by atoms with van der Waals surface area (Å²) in [6, 6.07) is 52.7. The van der Waals surface area contributed by atoms with Gasteiger partial charge in [0.05, 0.1) is 11.0 Å². The van der Waals surface area contributed by atoms with Crippen LogP contribution < -0.4 is 0 Å². The molecule has 196 valence electrons. The summed E-state index contributed by atoms with van der Waals surface area (Å²) in [5, 5.41) is 11.0. The first-order valence-electron chi connectivity index (χ1n) is 14.3. The van der Waals surface area contributed by atoms with Gasteiger partial charge in [0.1, 0.15) is 0 Å². The van der Waals surface area contributed by atoms with E-state index >= 15 is 0 Å². The molecule has 0 spiro atoms. The normalized spacial score (nSPS) is 11.9. The van der Waals surface area contributed by atoms with Crippen molar-refractivity contribution in [3.63, 3.8) is 0 Å². The number of rotatable bonds is 3. The Bertz CT molecular complexity index is 2400. The molecule has 0 unspecified atom stereocenters. The molecule has 0 amide bonds. The van der Waals surface area contributed by atoms with E-state index in [2.05, 4.69) is 138 Å². The first kappa shape index (κ1) is 23.6. The van der Waals surface area contributed by atoms with Crippen molar-refractivity contribution in [2.24, 2.45) is 0 Å². The highest BCUT2D eigenvalue weighted by molar-refractivity contribution is 6.31. The van der Waals surface area contributed by atoms with Crippen molar-refractivity contribution in [1.29, 1.82) is 0 Å². The van der Waals surface area contributed by atoms with Gasteiger partial charge < -0.3 is 4.57 Å². The fourth-order valence-electron chi connectivity index (χ4n) is 6.95. The standard InChI is InChI=1S/C40H24ClN/c41-29-19-15-25(16-20-29)35-24-36(34-22-18-27-8-5-7-26-17-21-33(35)40(34)39(26)27)28-9-6-10-30(23-28)42-37-13-3-1-11-31(37)32-12-2-4-14-38(32)42/h1-24H. The van der Waals surface area contributed by atoms with Crippen molar-refractivity contribution < 1.29 is 0 Å². The molecule has 2 heteroatoms. The molecule has 0 radical (unpaired) electrons. The molecule has 0 atom stereocenters. The van der Waals surface area contributed by atoms with E-state index in [1.165, 1.54) is 70.8 Å². The zero-order chi connectivity index (χ0) is 27.8. The zero-order valence-corrected chi connectivity index (χ0v) is 23.4. The molecule has 42 heavy (non-hydrogen) atoms. The Hall–Kier alpha value is -5.11. The fourth-order valence-corrected chi connectivity index (χ4v) is 7.08. The van der Waals surface area contributed by atoms with Crippen molar-refractivity contribution in [2.45, 2.75) is 0 Å². The minimum atomic E-state index is 0.746. The minimum absolute atomic E-state index is 0.746. The van der Waals surface area contributed by atoms with E-state index in [0.717, 1.165) is 16.3 Å². The molecule has 1 nitrogen and oxygen atoms in total. The Morgan fingerprint density at radius 1 is 0.405 bits per heavy atom. The summed E-state index contributed by atoms with van der Waals surface area (Å²) in [6.07, 6.45) is 0. The number of halogens is 1. The predicted octanol–water partition coefficient (Wildman–Crippen LogP) is 11.7. The highest BCUT2D eigenvalue weighted by Crippen LogP contribution is 2.44. The van der Waals surface area contributed by atoms with Gasteiger partial charge in [0.15, 0.2) is 0 Å². The molecular weight excluding hydrogens is 530 g/mol. The van der Waals surface area contributed by atoms with Gasteiger partial charge in [-0.3, -0.25) is 0 Å². The van der Waals surface area contributed by atoms with Crippen LogP contribution in [0, 0.1) is 0 Å². The van der Waals surface area contributed by atoms with Crippen molar-refractivity contribution in [3.05, 3.63) is 151 Å². The maximum atomic E-state index is 6.32. The minimum Gasteiger partial charge on any atom is -0.309 e. The second-order valence-electron chi connectivity index (χ2n) is 11.1. The molecule has 0 N–H and O–H groups in total. The summed E-state index contributed by atoms with van der Waals surface area (Å²) in [4.78, 5) is 0. The van der Waals surface area contributed by atoms with Gasteiger partial charge in [0, 0.05) is 21.5 Å². The lowest BCUT2D eigenvalue weighted by Gasteiger charge is -2.19. The SMILES string of the molecule is Clc1ccc(-c2cc(-c3cccc(-n4c5ccccc5c5ccccc54)c3)c3ccc4cccc5ccc2c3c54)cc1. The molecule has 0 aliphatic rings. The van der Waals surface area contributed by atoms with Crippen LogP contribution in [-0.4, -0.2) is 4.57 Å². The van der Waals surface area contributed by atoms with E-state index < -0.39 is 0 Å². The summed E-state index contributed by atoms with van der Waals surface area (Å²) in [5.74, 6) is 0. The van der Waals surface area contributed by atoms with Crippen LogP contribution in [-0.2, 0) is 0 Å². The molecule has 9 rings (SSSR count). The van der Waals surface area contributed by atoms with Gasteiger partial charge in [-0.25, -0.2) is 0 Å². The monoisotopic (exact) mass is 553 g/mol. The van der Waals surface area contributed by atoms with Crippen LogP contribution in [0.1, 0.15) is 0 Å². The van der Waals surface area contributed by atoms with E-state index in [0.29, 0.717) is 0 Å². The Kier molecular flexibility index (Phi) is 5.02. The lowest BCUT2D eigenvalue weighted by atomic mass is 9.85. The number of benzene rings is 8. The van der Waals surface area contributed by atoms with Gasteiger partial charge in [0.25, 0.3) is 0 Å². The smallest absolute Gasteiger partial charge is 0.0541 e. The maximum absolute atomic E-state index is 6.32. The number of para-hydroxylation sites is 2. The Morgan fingerprint density at radius 3 is 1.67 bits per heavy atom. The second-order valence-corrected chi connectivity index (χ2v) is 11.5. The van der Waals surface area contributed by atoms with Crippen molar-refractivity contribution in [2.75, 3.05) is 0 Å². The molecule has 0 saturated heterocycles. The molecule has 0 fully saturated rings. The second kappa shape index (κ2) is 8.94. The highest BCUT2D eigenvalue weighted by Gasteiger charge is 2.18. The van der Waals surface area contributed by atoms with E-state index in [1.807, 2.05) is 12.1 Å². The van der Waals surface area contributed by atoms with Crippen LogP contribution in [0.15, 0.2) is 146 Å². The molecule has 9 aromatic rings. The third-order valence-corrected chi connectivity index (χ3v) is 9.05. The topological polar surface area (TPSA) is 4.93 Å². The molecule has 0 bridgehead atoms. The lowest BCUT2D eigenvalue weighted by molar-refractivity contribution is 1.18. The van der Waals surface area contributed by atoms with E-state index in [1.54, 1.807) is 0 Å². The quantitative estimate of drug-likeness (QED) is 0.192. The van der Waals surface area contributed by atoms with Gasteiger partial charge in [-0.15, -0.1) is 0 Å². The van der Waals surface area contributed by atoms with Crippen molar-refractivity contribution in [1.82, 2.24) is 4.57 Å². The predicted molar refractivity (Wildman–Crippen MR) is 180 cm³/mol. The van der Waals surface area contributed by atoms with Crippen LogP contribution in [0.25, 0.3) is 82.1 Å². The third kappa shape index (κ3) is 3.38. The van der Waals surface area contributed by atoms with E-state index in [9.17, 15) is 0 Å². The summed E-state index contributed by atoms with van der Waals surface area (Å²) in [7, 11) is 0. The first-order valence-corrected chi connectivity index (χ1v) is 14.7. The highest BCUT2D eigenvalue weighted by atomic mass is 35.5. The van der Waals surface area contributed by atoms with Crippen LogP contribution in [0.5, 0.6) is 0 Å². The molecule has 0 aliphatic heterocycles. The molecule has 1 aromatic heterocycles. The van der Waals surface area contributed by atoms with Crippen LogP contribution in [0.2, 0.25) is 5.02 Å². The van der Waals surface area contributed by atoms with Gasteiger partial charge in [0.2, 0.25) is 0 Å². The largest absolute Gasteiger partial charge is 0.309 e. The molecule has 0 saturated carbocycles. The number of hydrogen-bond acceptors (Lipinski definition) is 0. The van der Waals surface area contributed by atoms with Gasteiger partial charge in [-0.1, -0.05) is 115 Å². The summed E-state index contributed by atoms with van der Waals surface area (Å²) >= 11 is 6.32. The Morgan fingerprint density at radius 2 is 1.00 bits per heavy atom. The van der Waals surface area contributed by atoms with Crippen molar-refractivity contribution >= 4 is 65.7 Å². The summed E-state index contributed by atoms with van der Waals surface area (Å²) in [5.41, 5.74) is 8.40. The van der Waals surface area contributed by atoms with Crippen LogP contribution in [0.3, 0.4) is 0 Å². The zero-order valence-electron chi connectivity index (χ0n) is 22.7. The third-order valence-electron chi connectivity index (χ3n) is 8.80. The fraction of sp³-hybridized carbons (Fsp3) is 0. The van der Waals surface area contributed by atoms with Crippen LogP contribution in [0.4, 0.5) is 0 Å². The van der Waals surface area contributed by atoms with Crippen molar-refractivity contribution in [3.8, 4) is 27.9 Å². The lowest BCUT2D eigenvalue weighted by Crippen LogP contribution is -1.95. The molecule has 8 aromatic carbocycles. The van der Waals surface area contributed by atoms with Crippen LogP contribution >= 0.6 is 11.6 Å². The van der Waals surface area contributed by atoms with Gasteiger partial charge >= 0.3 is 0 Å². The van der Waals surface area contributed by atoms with Gasteiger partial charge in [-0.2, -0.15) is 0 Å².